The number of carbonyl (C=O) groups is 1. The predicted molar refractivity (Wildman–Crippen MR) is 78.7 cm³/mol. The van der Waals surface area contributed by atoms with E-state index in [4.69, 9.17) is 5.73 Å². The SMILES string of the molecule is Cc1ccn2cc(C(=O)Nc3ccc(N)cc3)nc2c1. The minimum atomic E-state index is -0.240. The van der Waals surface area contributed by atoms with Crippen LogP contribution in [-0.4, -0.2) is 15.3 Å². The minimum absolute atomic E-state index is 0.240. The van der Waals surface area contributed by atoms with Gasteiger partial charge < -0.3 is 15.5 Å². The van der Waals surface area contributed by atoms with Gasteiger partial charge in [0.1, 0.15) is 11.3 Å². The van der Waals surface area contributed by atoms with Crippen molar-refractivity contribution < 1.29 is 4.79 Å². The van der Waals surface area contributed by atoms with Gasteiger partial charge in [0.25, 0.3) is 5.91 Å². The lowest BCUT2D eigenvalue weighted by molar-refractivity contribution is 0.102. The van der Waals surface area contributed by atoms with Crippen LogP contribution in [0.5, 0.6) is 0 Å². The molecule has 0 unspecified atom stereocenters. The van der Waals surface area contributed by atoms with E-state index in [1.165, 1.54) is 0 Å². The Bertz CT molecular complexity index is 774. The molecule has 0 saturated heterocycles. The number of aromatic nitrogens is 2. The molecule has 0 aliphatic rings. The third-order valence-electron chi connectivity index (χ3n) is 3.02. The van der Waals surface area contributed by atoms with Gasteiger partial charge in [0, 0.05) is 23.8 Å². The van der Waals surface area contributed by atoms with Gasteiger partial charge in [-0.1, -0.05) is 0 Å². The molecule has 100 valence electrons. The first-order valence-electron chi connectivity index (χ1n) is 6.24. The molecule has 0 atom stereocenters. The number of carbonyl (C=O) groups excluding carboxylic acids is 1. The Labute approximate surface area is 116 Å². The molecule has 0 spiro atoms. The topological polar surface area (TPSA) is 72.4 Å². The first-order valence-corrected chi connectivity index (χ1v) is 6.24. The van der Waals surface area contributed by atoms with Crippen LogP contribution in [0.1, 0.15) is 16.1 Å². The zero-order chi connectivity index (χ0) is 14.1. The van der Waals surface area contributed by atoms with Crippen LogP contribution >= 0.6 is 0 Å². The molecule has 1 aromatic carbocycles. The van der Waals surface area contributed by atoms with Gasteiger partial charge in [-0.3, -0.25) is 4.79 Å². The maximum Gasteiger partial charge on any atom is 0.275 e. The van der Waals surface area contributed by atoms with Crippen molar-refractivity contribution in [1.82, 2.24) is 9.38 Å². The summed E-state index contributed by atoms with van der Waals surface area (Å²) in [4.78, 5) is 16.4. The molecule has 3 N–H and O–H groups in total. The molecule has 0 fully saturated rings. The summed E-state index contributed by atoms with van der Waals surface area (Å²) >= 11 is 0. The summed E-state index contributed by atoms with van der Waals surface area (Å²) in [5, 5.41) is 2.79. The van der Waals surface area contributed by atoms with Crippen LogP contribution in [0.4, 0.5) is 11.4 Å². The fourth-order valence-corrected chi connectivity index (χ4v) is 1.95. The van der Waals surface area contributed by atoms with Crippen molar-refractivity contribution >= 4 is 22.9 Å². The van der Waals surface area contributed by atoms with Crippen LogP contribution in [0.2, 0.25) is 0 Å². The standard InChI is InChI=1S/C15H14N4O/c1-10-6-7-19-9-13(18-14(19)8-10)15(20)17-12-4-2-11(16)3-5-12/h2-9H,16H2,1H3,(H,17,20). The van der Waals surface area contributed by atoms with Crippen LogP contribution in [-0.2, 0) is 0 Å². The molecular formula is C15H14N4O. The van der Waals surface area contributed by atoms with Crippen molar-refractivity contribution in [2.45, 2.75) is 6.92 Å². The predicted octanol–water partition coefficient (Wildman–Crippen LogP) is 2.48. The molecule has 20 heavy (non-hydrogen) atoms. The molecule has 1 amide bonds. The summed E-state index contributed by atoms with van der Waals surface area (Å²) in [6.45, 7) is 1.99. The number of amides is 1. The highest BCUT2D eigenvalue weighted by Gasteiger charge is 2.10. The lowest BCUT2D eigenvalue weighted by atomic mass is 10.3. The highest BCUT2D eigenvalue weighted by Crippen LogP contribution is 2.13. The maximum absolute atomic E-state index is 12.1. The molecule has 5 heteroatoms. The van der Waals surface area contributed by atoms with Crippen molar-refractivity contribution in [2.24, 2.45) is 0 Å². The van der Waals surface area contributed by atoms with E-state index in [-0.39, 0.29) is 5.91 Å². The first kappa shape index (κ1) is 12.2. The zero-order valence-electron chi connectivity index (χ0n) is 11.0. The van der Waals surface area contributed by atoms with Gasteiger partial charge in [0.05, 0.1) is 0 Å². The highest BCUT2D eigenvalue weighted by molar-refractivity contribution is 6.03. The third-order valence-corrected chi connectivity index (χ3v) is 3.02. The number of aryl methyl sites for hydroxylation is 1. The number of nitrogens with zero attached hydrogens (tertiary/aromatic N) is 2. The maximum atomic E-state index is 12.1. The largest absolute Gasteiger partial charge is 0.399 e. The van der Waals surface area contributed by atoms with Crippen LogP contribution in [0, 0.1) is 6.92 Å². The van der Waals surface area contributed by atoms with Gasteiger partial charge >= 0.3 is 0 Å². The molecule has 0 radical (unpaired) electrons. The lowest BCUT2D eigenvalue weighted by Gasteiger charge is -2.02. The fourth-order valence-electron chi connectivity index (χ4n) is 1.95. The molecular weight excluding hydrogens is 252 g/mol. The van der Waals surface area contributed by atoms with E-state index in [2.05, 4.69) is 10.3 Å². The molecule has 0 bridgehead atoms. The lowest BCUT2D eigenvalue weighted by Crippen LogP contribution is -2.12. The smallest absolute Gasteiger partial charge is 0.275 e. The first-order chi connectivity index (χ1) is 9.61. The van der Waals surface area contributed by atoms with Crippen LogP contribution < -0.4 is 11.1 Å². The number of rotatable bonds is 2. The van der Waals surface area contributed by atoms with E-state index in [0.29, 0.717) is 17.1 Å². The van der Waals surface area contributed by atoms with Crippen molar-refractivity contribution in [2.75, 3.05) is 11.1 Å². The third kappa shape index (κ3) is 2.33. The van der Waals surface area contributed by atoms with Crippen molar-refractivity contribution in [3.63, 3.8) is 0 Å². The van der Waals surface area contributed by atoms with Gasteiger partial charge in [-0.25, -0.2) is 4.98 Å². The number of pyridine rings is 1. The van der Waals surface area contributed by atoms with Crippen LogP contribution in [0.3, 0.4) is 0 Å². The number of anilines is 2. The van der Waals surface area contributed by atoms with Gasteiger partial charge in [-0.2, -0.15) is 0 Å². The molecule has 5 nitrogen and oxygen atoms in total. The zero-order valence-corrected chi connectivity index (χ0v) is 11.0. The second kappa shape index (κ2) is 4.70. The summed E-state index contributed by atoms with van der Waals surface area (Å²) in [5.41, 5.74) is 9.20. The Hall–Kier alpha value is -2.82. The highest BCUT2D eigenvalue weighted by atomic mass is 16.1. The van der Waals surface area contributed by atoms with Crippen molar-refractivity contribution in [1.29, 1.82) is 0 Å². The number of hydrogen-bond donors (Lipinski definition) is 2. The second-order valence-corrected chi connectivity index (χ2v) is 4.67. The number of benzene rings is 1. The van der Waals surface area contributed by atoms with E-state index in [0.717, 1.165) is 11.2 Å². The number of nitrogens with two attached hydrogens (primary N) is 1. The van der Waals surface area contributed by atoms with Gasteiger partial charge in [-0.15, -0.1) is 0 Å². The van der Waals surface area contributed by atoms with Gasteiger partial charge in [0.2, 0.25) is 0 Å². The second-order valence-electron chi connectivity index (χ2n) is 4.67. The molecule has 2 heterocycles. The van der Waals surface area contributed by atoms with Gasteiger partial charge in [-0.05, 0) is 48.9 Å². The Morgan fingerprint density at radius 3 is 2.75 bits per heavy atom. The van der Waals surface area contributed by atoms with E-state index in [9.17, 15) is 4.79 Å². The number of nitrogen functional groups attached to an aromatic ring is 1. The van der Waals surface area contributed by atoms with Crippen LogP contribution in [0.25, 0.3) is 5.65 Å². The van der Waals surface area contributed by atoms with E-state index in [1.54, 1.807) is 30.5 Å². The molecule has 0 aliphatic carbocycles. The van der Waals surface area contributed by atoms with Crippen LogP contribution in [0.15, 0.2) is 48.8 Å². The molecule has 3 rings (SSSR count). The summed E-state index contributed by atoms with van der Waals surface area (Å²) in [7, 11) is 0. The number of fused-ring (bicyclic) bond motifs is 1. The Balaban J connectivity index is 1.86. The molecule has 0 saturated carbocycles. The van der Waals surface area contributed by atoms with Crippen molar-refractivity contribution in [3.8, 4) is 0 Å². The Kier molecular flexibility index (Phi) is 2.87. The summed E-state index contributed by atoms with van der Waals surface area (Å²) in [6, 6.07) is 10.9. The quantitative estimate of drug-likeness (QED) is 0.700. The number of imidazole rings is 1. The number of nitrogens with one attached hydrogen (secondary N) is 1. The van der Waals surface area contributed by atoms with Gasteiger partial charge in [0.15, 0.2) is 0 Å². The normalized spacial score (nSPS) is 10.7. The van der Waals surface area contributed by atoms with E-state index < -0.39 is 0 Å². The Morgan fingerprint density at radius 1 is 1.25 bits per heavy atom. The monoisotopic (exact) mass is 266 g/mol. The summed E-state index contributed by atoms with van der Waals surface area (Å²) in [6.07, 6.45) is 3.60. The molecule has 3 aromatic rings. The fraction of sp³-hybridized carbons (Fsp3) is 0.0667. The molecule has 0 aliphatic heterocycles. The van der Waals surface area contributed by atoms with E-state index >= 15 is 0 Å². The average Bonchev–Trinajstić information content (AvgIpc) is 2.84. The number of hydrogen-bond acceptors (Lipinski definition) is 3. The minimum Gasteiger partial charge on any atom is -0.399 e. The average molecular weight is 266 g/mol. The van der Waals surface area contributed by atoms with Crippen molar-refractivity contribution in [3.05, 3.63) is 60.0 Å². The van der Waals surface area contributed by atoms with E-state index in [1.807, 2.05) is 29.7 Å². The summed E-state index contributed by atoms with van der Waals surface area (Å²) in [5.74, 6) is -0.240. The Morgan fingerprint density at radius 2 is 2.00 bits per heavy atom. The summed E-state index contributed by atoms with van der Waals surface area (Å²) < 4.78 is 1.82. The molecule has 2 aromatic heterocycles.